The van der Waals surface area contributed by atoms with Gasteiger partial charge in [0.1, 0.15) is 11.6 Å². The standard InChI is InChI=1S/C15H17NO5/c1-5-21-15(17)11(9-16)6-10-7-12(18-2)14(20-4)13(8-10)19-3/h6-8H,5H2,1-4H3. The molecule has 0 aromatic heterocycles. The molecule has 1 rings (SSSR count). The number of benzene rings is 1. The highest BCUT2D eigenvalue weighted by molar-refractivity contribution is 5.98. The van der Waals surface area contributed by atoms with Gasteiger partial charge in [-0.2, -0.15) is 5.26 Å². The summed E-state index contributed by atoms with van der Waals surface area (Å²) in [5.41, 5.74) is 0.459. The Morgan fingerprint density at radius 3 is 2.14 bits per heavy atom. The average Bonchev–Trinajstić information content (AvgIpc) is 2.51. The summed E-state index contributed by atoms with van der Waals surface area (Å²) in [7, 11) is 4.47. The van der Waals surface area contributed by atoms with Crippen molar-refractivity contribution in [2.45, 2.75) is 6.92 Å². The van der Waals surface area contributed by atoms with Crippen LogP contribution in [-0.2, 0) is 9.53 Å². The summed E-state index contributed by atoms with van der Waals surface area (Å²) >= 11 is 0. The predicted octanol–water partition coefficient (Wildman–Crippen LogP) is 2.18. The van der Waals surface area contributed by atoms with Crippen LogP contribution in [-0.4, -0.2) is 33.9 Å². The Kier molecular flexibility index (Phi) is 6.08. The highest BCUT2D eigenvalue weighted by Crippen LogP contribution is 2.38. The maximum atomic E-state index is 11.6. The van der Waals surface area contributed by atoms with Gasteiger partial charge in [0.2, 0.25) is 5.75 Å². The first-order valence-corrected chi connectivity index (χ1v) is 6.20. The molecular weight excluding hydrogens is 274 g/mol. The van der Waals surface area contributed by atoms with Gasteiger partial charge in [-0.1, -0.05) is 0 Å². The Labute approximate surface area is 123 Å². The smallest absolute Gasteiger partial charge is 0.348 e. The number of hydrogen-bond donors (Lipinski definition) is 0. The SMILES string of the molecule is CCOC(=O)C(C#N)=Cc1cc(OC)c(OC)c(OC)c1. The fourth-order valence-electron chi connectivity index (χ4n) is 1.70. The van der Waals surface area contributed by atoms with E-state index in [-0.39, 0.29) is 12.2 Å². The summed E-state index contributed by atoms with van der Waals surface area (Å²) in [5.74, 6) is 0.633. The van der Waals surface area contributed by atoms with E-state index >= 15 is 0 Å². The minimum absolute atomic E-state index is 0.105. The summed E-state index contributed by atoms with van der Waals surface area (Å²) in [6.45, 7) is 1.87. The molecule has 0 atom stereocenters. The van der Waals surface area contributed by atoms with Gasteiger partial charge in [0.05, 0.1) is 27.9 Å². The van der Waals surface area contributed by atoms with Crippen LogP contribution in [0.25, 0.3) is 6.08 Å². The van der Waals surface area contributed by atoms with Crippen LogP contribution in [0.2, 0.25) is 0 Å². The number of rotatable bonds is 6. The van der Waals surface area contributed by atoms with Crippen molar-refractivity contribution >= 4 is 12.0 Å². The fourth-order valence-corrected chi connectivity index (χ4v) is 1.70. The normalized spacial score (nSPS) is 10.5. The number of esters is 1. The number of hydrogen-bond acceptors (Lipinski definition) is 6. The lowest BCUT2D eigenvalue weighted by Crippen LogP contribution is -2.06. The number of methoxy groups -OCH3 is 3. The molecule has 0 aliphatic rings. The molecule has 6 heteroatoms. The molecule has 1 aromatic carbocycles. The number of nitriles is 1. The summed E-state index contributed by atoms with van der Waals surface area (Å²) in [4.78, 5) is 11.6. The molecule has 0 aliphatic heterocycles. The highest BCUT2D eigenvalue weighted by atomic mass is 16.5. The second-order valence-electron chi connectivity index (χ2n) is 3.85. The Bertz CT molecular complexity index is 561. The zero-order valence-corrected chi connectivity index (χ0v) is 12.4. The third-order valence-corrected chi connectivity index (χ3v) is 2.61. The quantitative estimate of drug-likeness (QED) is 0.454. The van der Waals surface area contributed by atoms with E-state index in [0.29, 0.717) is 22.8 Å². The topological polar surface area (TPSA) is 77.8 Å². The molecule has 0 spiro atoms. The van der Waals surface area contributed by atoms with Crippen LogP contribution in [0.1, 0.15) is 12.5 Å². The van der Waals surface area contributed by atoms with Gasteiger partial charge in [0.25, 0.3) is 0 Å². The summed E-state index contributed by atoms with van der Waals surface area (Å²) < 4.78 is 20.4. The second kappa shape index (κ2) is 7.80. The summed E-state index contributed by atoms with van der Waals surface area (Å²) in [6, 6.07) is 5.09. The van der Waals surface area contributed by atoms with Crippen LogP contribution in [0.15, 0.2) is 17.7 Å². The number of carbonyl (C=O) groups is 1. The van der Waals surface area contributed by atoms with E-state index in [2.05, 4.69) is 0 Å². The predicted molar refractivity (Wildman–Crippen MR) is 76.3 cm³/mol. The van der Waals surface area contributed by atoms with Gasteiger partial charge < -0.3 is 18.9 Å². The van der Waals surface area contributed by atoms with Crippen molar-refractivity contribution in [1.29, 1.82) is 5.26 Å². The first-order chi connectivity index (χ1) is 10.1. The van der Waals surface area contributed by atoms with Gasteiger partial charge in [-0.3, -0.25) is 0 Å². The first-order valence-electron chi connectivity index (χ1n) is 6.20. The molecule has 0 fully saturated rings. The number of nitrogens with zero attached hydrogens (tertiary/aromatic N) is 1. The summed E-state index contributed by atoms with van der Waals surface area (Å²) in [5, 5.41) is 9.03. The highest BCUT2D eigenvalue weighted by Gasteiger charge is 2.15. The molecule has 112 valence electrons. The van der Waals surface area contributed by atoms with Gasteiger partial charge in [-0.15, -0.1) is 0 Å². The first kappa shape index (κ1) is 16.4. The van der Waals surface area contributed by atoms with E-state index in [1.807, 2.05) is 6.07 Å². The largest absolute Gasteiger partial charge is 0.493 e. The molecule has 0 unspecified atom stereocenters. The molecule has 0 bridgehead atoms. The van der Waals surface area contributed by atoms with Crippen molar-refractivity contribution in [3.8, 4) is 23.3 Å². The maximum absolute atomic E-state index is 11.6. The van der Waals surface area contributed by atoms with Crippen molar-refractivity contribution < 1.29 is 23.7 Å². The van der Waals surface area contributed by atoms with E-state index < -0.39 is 5.97 Å². The van der Waals surface area contributed by atoms with Crippen LogP contribution in [0.4, 0.5) is 0 Å². The minimum atomic E-state index is -0.672. The van der Waals surface area contributed by atoms with Crippen LogP contribution in [0.3, 0.4) is 0 Å². The summed E-state index contributed by atoms with van der Waals surface area (Å²) in [6.07, 6.45) is 1.41. The Hall–Kier alpha value is -2.68. The second-order valence-corrected chi connectivity index (χ2v) is 3.85. The lowest BCUT2D eigenvalue weighted by atomic mass is 10.1. The van der Waals surface area contributed by atoms with Crippen molar-refractivity contribution in [2.24, 2.45) is 0 Å². The van der Waals surface area contributed by atoms with E-state index in [1.165, 1.54) is 27.4 Å². The van der Waals surface area contributed by atoms with E-state index in [9.17, 15) is 4.79 Å². The molecule has 0 amide bonds. The molecule has 1 aromatic rings. The molecule has 0 saturated heterocycles. The average molecular weight is 291 g/mol. The molecular formula is C15H17NO5. The van der Waals surface area contributed by atoms with Crippen molar-refractivity contribution in [2.75, 3.05) is 27.9 Å². The zero-order valence-electron chi connectivity index (χ0n) is 12.4. The number of ether oxygens (including phenoxy) is 4. The Morgan fingerprint density at radius 1 is 1.19 bits per heavy atom. The van der Waals surface area contributed by atoms with E-state index in [1.54, 1.807) is 19.1 Å². The molecule has 0 saturated carbocycles. The van der Waals surface area contributed by atoms with E-state index in [4.69, 9.17) is 24.2 Å². The van der Waals surface area contributed by atoms with Crippen LogP contribution >= 0.6 is 0 Å². The fraction of sp³-hybridized carbons (Fsp3) is 0.333. The molecule has 0 heterocycles. The van der Waals surface area contributed by atoms with Gasteiger partial charge in [0, 0.05) is 0 Å². The molecule has 21 heavy (non-hydrogen) atoms. The zero-order chi connectivity index (χ0) is 15.8. The molecule has 0 N–H and O–H groups in total. The van der Waals surface area contributed by atoms with Crippen molar-refractivity contribution in [3.63, 3.8) is 0 Å². The van der Waals surface area contributed by atoms with Gasteiger partial charge in [-0.25, -0.2) is 4.79 Å². The van der Waals surface area contributed by atoms with Gasteiger partial charge in [0.15, 0.2) is 11.5 Å². The van der Waals surface area contributed by atoms with Gasteiger partial charge in [-0.05, 0) is 30.7 Å². The maximum Gasteiger partial charge on any atom is 0.348 e. The van der Waals surface area contributed by atoms with Crippen LogP contribution in [0, 0.1) is 11.3 Å². The van der Waals surface area contributed by atoms with Crippen LogP contribution in [0.5, 0.6) is 17.2 Å². The van der Waals surface area contributed by atoms with Crippen LogP contribution < -0.4 is 14.2 Å². The van der Waals surface area contributed by atoms with Crippen molar-refractivity contribution in [1.82, 2.24) is 0 Å². The molecule has 6 nitrogen and oxygen atoms in total. The lowest BCUT2D eigenvalue weighted by Gasteiger charge is -2.13. The lowest BCUT2D eigenvalue weighted by molar-refractivity contribution is -0.137. The monoisotopic (exact) mass is 291 g/mol. The molecule has 0 radical (unpaired) electrons. The third kappa shape index (κ3) is 3.89. The number of carbonyl (C=O) groups excluding carboxylic acids is 1. The Morgan fingerprint density at radius 2 is 1.76 bits per heavy atom. The Balaban J connectivity index is 3.30. The molecule has 0 aliphatic carbocycles. The van der Waals surface area contributed by atoms with Gasteiger partial charge >= 0.3 is 5.97 Å². The minimum Gasteiger partial charge on any atom is -0.493 e. The third-order valence-electron chi connectivity index (χ3n) is 2.61. The van der Waals surface area contributed by atoms with Crippen molar-refractivity contribution in [3.05, 3.63) is 23.3 Å². The van der Waals surface area contributed by atoms with E-state index in [0.717, 1.165) is 0 Å².